The Kier molecular flexibility index (Phi) is 5.67. The van der Waals surface area contributed by atoms with Crippen LogP contribution in [0.2, 0.25) is 0 Å². The summed E-state index contributed by atoms with van der Waals surface area (Å²) in [4.78, 5) is 11.5. The van der Waals surface area contributed by atoms with Crippen LogP contribution in [0.1, 0.15) is 25.3 Å². The van der Waals surface area contributed by atoms with Gasteiger partial charge >= 0.3 is 6.09 Å². The Morgan fingerprint density at radius 1 is 1.47 bits per heavy atom. The number of terminal acetylenes is 1. The molecule has 3 nitrogen and oxygen atoms in total. The van der Waals surface area contributed by atoms with Gasteiger partial charge in [0.25, 0.3) is 0 Å². The van der Waals surface area contributed by atoms with E-state index in [1.165, 1.54) is 0 Å². The summed E-state index contributed by atoms with van der Waals surface area (Å²) in [5.74, 6) is 2.53. The summed E-state index contributed by atoms with van der Waals surface area (Å²) in [5, 5.41) is 2.73. The molecule has 0 fully saturated rings. The number of rotatable bonds is 5. The van der Waals surface area contributed by atoms with Gasteiger partial charge in [-0.05, 0) is 12.0 Å². The summed E-state index contributed by atoms with van der Waals surface area (Å²) in [6, 6.07) is 9.54. The Morgan fingerprint density at radius 2 is 2.18 bits per heavy atom. The van der Waals surface area contributed by atoms with Crippen LogP contribution < -0.4 is 5.32 Å². The van der Waals surface area contributed by atoms with Crippen LogP contribution in [0, 0.1) is 12.3 Å². The highest BCUT2D eigenvalue weighted by Crippen LogP contribution is 2.02. The summed E-state index contributed by atoms with van der Waals surface area (Å²) in [6.07, 6.45) is 6.10. The number of nitrogens with one attached hydrogen (secondary N) is 1. The smallest absolute Gasteiger partial charge is 0.407 e. The molecule has 0 aromatic heterocycles. The lowest BCUT2D eigenvalue weighted by Gasteiger charge is -2.14. The van der Waals surface area contributed by atoms with Gasteiger partial charge in [0, 0.05) is 12.5 Å². The fourth-order valence-corrected chi connectivity index (χ4v) is 1.37. The number of alkyl carbamates (subject to hydrolysis) is 1. The number of amides is 1. The molecule has 0 aliphatic rings. The molecule has 0 aliphatic heterocycles. The highest BCUT2D eigenvalue weighted by Gasteiger charge is 2.09. The van der Waals surface area contributed by atoms with Gasteiger partial charge in [-0.1, -0.05) is 37.3 Å². The van der Waals surface area contributed by atoms with Crippen molar-refractivity contribution in [1.29, 1.82) is 0 Å². The van der Waals surface area contributed by atoms with Gasteiger partial charge in [-0.15, -0.1) is 12.3 Å². The minimum absolute atomic E-state index is 0.0109. The molecule has 0 heterocycles. The van der Waals surface area contributed by atoms with E-state index >= 15 is 0 Å². The summed E-state index contributed by atoms with van der Waals surface area (Å²) in [7, 11) is 0. The second kappa shape index (κ2) is 7.34. The van der Waals surface area contributed by atoms with E-state index in [-0.39, 0.29) is 12.6 Å². The fourth-order valence-electron chi connectivity index (χ4n) is 1.37. The quantitative estimate of drug-likeness (QED) is 0.791. The molecule has 0 saturated heterocycles. The van der Waals surface area contributed by atoms with E-state index in [0.717, 1.165) is 12.0 Å². The number of hydrogen-bond acceptors (Lipinski definition) is 2. The molecule has 0 aliphatic carbocycles. The molecule has 0 saturated carbocycles. The molecule has 3 heteroatoms. The van der Waals surface area contributed by atoms with E-state index in [2.05, 4.69) is 11.2 Å². The van der Waals surface area contributed by atoms with Gasteiger partial charge < -0.3 is 10.1 Å². The standard InChI is InChI=1S/C14H17NO2/c1-3-8-13(4-2)15-14(16)17-11-12-9-6-5-7-10-12/h1,5-7,9-10,13H,4,8,11H2,2H3,(H,15,16). The molecule has 1 aromatic carbocycles. The topological polar surface area (TPSA) is 38.3 Å². The molecule has 0 bridgehead atoms. The van der Waals surface area contributed by atoms with Gasteiger partial charge in [0.1, 0.15) is 6.61 Å². The third-order valence-corrected chi connectivity index (χ3v) is 2.39. The van der Waals surface area contributed by atoms with E-state index in [1.54, 1.807) is 0 Å². The Bertz CT molecular complexity index is 381. The Labute approximate surface area is 102 Å². The van der Waals surface area contributed by atoms with Crippen LogP contribution in [0.5, 0.6) is 0 Å². The zero-order valence-electron chi connectivity index (χ0n) is 9.98. The van der Waals surface area contributed by atoms with Crippen LogP contribution in [0.4, 0.5) is 4.79 Å². The first-order chi connectivity index (χ1) is 8.26. The van der Waals surface area contributed by atoms with Gasteiger partial charge in [-0.3, -0.25) is 0 Å². The summed E-state index contributed by atoms with van der Waals surface area (Å²) in [5.41, 5.74) is 0.965. The van der Waals surface area contributed by atoms with Crippen LogP contribution in [-0.2, 0) is 11.3 Å². The maximum atomic E-state index is 11.5. The van der Waals surface area contributed by atoms with Crippen LogP contribution in [0.3, 0.4) is 0 Å². The fraction of sp³-hybridized carbons (Fsp3) is 0.357. The van der Waals surface area contributed by atoms with Crippen LogP contribution in [-0.4, -0.2) is 12.1 Å². The average molecular weight is 231 g/mol. The van der Waals surface area contributed by atoms with Gasteiger partial charge in [-0.25, -0.2) is 4.79 Å². The Hall–Kier alpha value is -1.95. The van der Waals surface area contributed by atoms with Gasteiger partial charge in [0.15, 0.2) is 0 Å². The lowest BCUT2D eigenvalue weighted by Crippen LogP contribution is -2.34. The van der Waals surface area contributed by atoms with Crippen LogP contribution in [0.15, 0.2) is 30.3 Å². The molecule has 1 atom stereocenters. The van der Waals surface area contributed by atoms with Crippen molar-refractivity contribution in [2.24, 2.45) is 0 Å². The average Bonchev–Trinajstić information content (AvgIpc) is 2.37. The first kappa shape index (κ1) is 13.1. The van der Waals surface area contributed by atoms with Crippen molar-refractivity contribution in [3.63, 3.8) is 0 Å². The van der Waals surface area contributed by atoms with Crippen molar-refractivity contribution in [2.45, 2.75) is 32.4 Å². The maximum absolute atomic E-state index is 11.5. The second-order valence-corrected chi connectivity index (χ2v) is 3.72. The third-order valence-electron chi connectivity index (χ3n) is 2.39. The van der Waals surface area contributed by atoms with Crippen molar-refractivity contribution in [1.82, 2.24) is 5.32 Å². The molecule has 1 N–H and O–H groups in total. The lowest BCUT2D eigenvalue weighted by atomic mass is 10.2. The number of benzene rings is 1. The van der Waals surface area contributed by atoms with E-state index in [4.69, 9.17) is 11.2 Å². The summed E-state index contributed by atoms with van der Waals surface area (Å²) >= 11 is 0. The van der Waals surface area contributed by atoms with Crippen LogP contribution >= 0.6 is 0 Å². The zero-order valence-corrected chi connectivity index (χ0v) is 9.98. The predicted octanol–water partition coefficient (Wildman–Crippen LogP) is 2.71. The first-order valence-corrected chi connectivity index (χ1v) is 5.67. The minimum atomic E-state index is -0.420. The number of hydrogen-bond donors (Lipinski definition) is 1. The van der Waals surface area contributed by atoms with Gasteiger partial charge in [0.05, 0.1) is 0 Å². The molecule has 1 amide bonds. The van der Waals surface area contributed by atoms with Crippen molar-refractivity contribution in [3.05, 3.63) is 35.9 Å². The largest absolute Gasteiger partial charge is 0.445 e. The molecule has 0 radical (unpaired) electrons. The van der Waals surface area contributed by atoms with Gasteiger partial charge in [0.2, 0.25) is 0 Å². The molecule has 1 aromatic rings. The monoisotopic (exact) mass is 231 g/mol. The predicted molar refractivity (Wildman–Crippen MR) is 67.3 cm³/mol. The van der Waals surface area contributed by atoms with Gasteiger partial charge in [-0.2, -0.15) is 0 Å². The Balaban J connectivity index is 2.33. The van der Waals surface area contributed by atoms with Crippen LogP contribution in [0.25, 0.3) is 0 Å². The summed E-state index contributed by atoms with van der Waals surface area (Å²) < 4.78 is 5.09. The number of carbonyl (C=O) groups excluding carboxylic acids is 1. The van der Waals surface area contributed by atoms with Crippen molar-refractivity contribution < 1.29 is 9.53 Å². The van der Waals surface area contributed by atoms with E-state index in [0.29, 0.717) is 6.42 Å². The number of carbonyl (C=O) groups is 1. The first-order valence-electron chi connectivity index (χ1n) is 5.67. The molecule has 1 unspecified atom stereocenters. The molecule has 90 valence electrons. The maximum Gasteiger partial charge on any atom is 0.407 e. The molecular formula is C14H17NO2. The molecule has 1 rings (SSSR count). The highest BCUT2D eigenvalue weighted by molar-refractivity contribution is 5.67. The third kappa shape index (κ3) is 5.07. The van der Waals surface area contributed by atoms with Crippen molar-refractivity contribution >= 4 is 6.09 Å². The minimum Gasteiger partial charge on any atom is -0.445 e. The SMILES string of the molecule is C#CCC(CC)NC(=O)OCc1ccccc1. The highest BCUT2D eigenvalue weighted by atomic mass is 16.5. The summed E-state index contributed by atoms with van der Waals surface area (Å²) in [6.45, 7) is 2.25. The van der Waals surface area contributed by atoms with Crippen molar-refractivity contribution in [2.75, 3.05) is 0 Å². The molecular weight excluding hydrogens is 214 g/mol. The molecule has 17 heavy (non-hydrogen) atoms. The second-order valence-electron chi connectivity index (χ2n) is 3.72. The van der Waals surface area contributed by atoms with Crippen molar-refractivity contribution in [3.8, 4) is 12.3 Å². The van der Waals surface area contributed by atoms with E-state index in [9.17, 15) is 4.79 Å². The molecule has 0 spiro atoms. The zero-order chi connectivity index (χ0) is 12.5. The number of ether oxygens (including phenoxy) is 1. The Morgan fingerprint density at radius 3 is 2.76 bits per heavy atom. The van der Waals surface area contributed by atoms with E-state index < -0.39 is 6.09 Å². The van der Waals surface area contributed by atoms with E-state index in [1.807, 2.05) is 37.3 Å². The lowest BCUT2D eigenvalue weighted by molar-refractivity contribution is 0.135. The normalized spacial score (nSPS) is 11.3.